The summed E-state index contributed by atoms with van der Waals surface area (Å²) < 4.78 is 17.1. The Morgan fingerprint density at radius 2 is 1.84 bits per heavy atom. The van der Waals surface area contributed by atoms with E-state index in [1.807, 2.05) is 0 Å². The van der Waals surface area contributed by atoms with Crippen molar-refractivity contribution in [3.8, 4) is 17.2 Å². The molecule has 0 radical (unpaired) electrons. The van der Waals surface area contributed by atoms with Gasteiger partial charge in [0.25, 0.3) is 17.1 Å². The highest BCUT2D eigenvalue weighted by Crippen LogP contribution is 2.40. The fourth-order valence-electron chi connectivity index (χ4n) is 3.68. The van der Waals surface area contributed by atoms with E-state index < -0.39 is 17.1 Å². The van der Waals surface area contributed by atoms with Gasteiger partial charge in [-0.3, -0.25) is 19.3 Å². The van der Waals surface area contributed by atoms with Gasteiger partial charge < -0.3 is 19.5 Å². The van der Waals surface area contributed by atoms with Crippen molar-refractivity contribution in [1.29, 1.82) is 0 Å². The third-order valence-electron chi connectivity index (χ3n) is 5.51. The minimum absolute atomic E-state index is 0.0263. The summed E-state index contributed by atoms with van der Waals surface area (Å²) in [5.74, 6) is 0.481. The number of imide groups is 1. The fraction of sp³-hybridized carbons (Fsp3) is 0.115. The summed E-state index contributed by atoms with van der Waals surface area (Å²) in [6.07, 6.45) is 1.55. The molecule has 1 saturated heterocycles. The SMILES string of the molecule is O=C(COc1ccc(Br)cc1/C=C1\SC(=O)N(Cc2cc3c(cc2Cl)OCO3)C1=O)Nc1ccccc1Cl. The maximum Gasteiger partial charge on any atom is 0.293 e. The van der Waals surface area contributed by atoms with Crippen LogP contribution in [0.15, 0.2) is 64.0 Å². The predicted molar refractivity (Wildman–Crippen MR) is 149 cm³/mol. The number of carbonyl (C=O) groups excluding carboxylic acids is 3. The molecule has 12 heteroatoms. The molecule has 0 unspecified atom stereocenters. The zero-order valence-electron chi connectivity index (χ0n) is 19.3. The number of nitrogens with zero attached hydrogens (tertiary/aromatic N) is 1. The first-order valence-corrected chi connectivity index (χ1v) is 13.4. The maximum atomic E-state index is 13.2. The van der Waals surface area contributed by atoms with E-state index in [-0.39, 0.29) is 24.8 Å². The monoisotopic (exact) mass is 634 g/mol. The molecule has 1 N–H and O–H groups in total. The van der Waals surface area contributed by atoms with E-state index in [4.69, 9.17) is 37.4 Å². The Bertz CT molecular complexity index is 1500. The number of fused-ring (bicyclic) bond motifs is 1. The van der Waals surface area contributed by atoms with Crippen molar-refractivity contribution in [3.63, 3.8) is 0 Å². The molecule has 38 heavy (non-hydrogen) atoms. The van der Waals surface area contributed by atoms with Gasteiger partial charge >= 0.3 is 0 Å². The molecular formula is C26H17BrCl2N2O6S. The summed E-state index contributed by atoms with van der Waals surface area (Å²) in [5.41, 5.74) is 1.53. The van der Waals surface area contributed by atoms with Gasteiger partial charge in [0, 0.05) is 21.1 Å². The Morgan fingerprint density at radius 1 is 1.08 bits per heavy atom. The van der Waals surface area contributed by atoms with Crippen LogP contribution in [0.1, 0.15) is 11.1 Å². The van der Waals surface area contributed by atoms with Crippen molar-refractivity contribution in [2.45, 2.75) is 6.54 Å². The van der Waals surface area contributed by atoms with Gasteiger partial charge in [0.1, 0.15) is 5.75 Å². The number of hydrogen-bond donors (Lipinski definition) is 1. The van der Waals surface area contributed by atoms with Crippen LogP contribution >= 0.6 is 50.9 Å². The molecule has 194 valence electrons. The molecule has 3 aromatic carbocycles. The van der Waals surface area contributed by atoms with Crippen LogP contribution in [0.3, 0.4) is 0 Å². The van der Waals surface area contributed by atoms with E-state index in [1.54, 1.807) is 60.7 Å². The van der Waals surface area contributed by atoms with Gasteiger partial charge in [0.05, 0.1) is 22.2 Å². The number of thioether (sulfide) groups is 1. The quantitative estimate of drug-likeness (QED) is 0.287. The van der Waals surface area contributed by atoms with Gasteiger partial charge in [-0.15, -0.1) is 0 Å². The van der Waals surface area contributed by atoms with Crippen LogP contribution in [0.5, 0.6) is 17.2 Å². The second-order valence-electron chi connectivity index (χ2n) is 8.06. The normalized spacial score (nSPS) is 15.3. The number of nitrogens with one attached hydrogen (secondary N) is 1. The molecule has 2 aliphatic heterocycles. The van der Waals surface area contributed by atoms with Crippen LogP contribution in [-0.2, 0) is 16.1 Å². The second kappa shape index (κ2) is 11.3. The molecule has 0 aliphatic carbocycles. The molecule has 0 atom stereocenters. The Morgan fingerprint density at radius 3 is 2.63 bits per heavy atom. The molecule has 2 heterocycles. The first-order chi connectivity index (χ1) is 18.3. The zero-order valence-corrected chi connectivity index (χ0v) is 23.2. The standard InChI is InChI=1S/C26H17BrCl2N2O6S/c27-16-5-6-20(35-12-24(32)30-19-4-2-1-3-17(19)28)14(7-16)9-23-25(33)31(26(34)38-23)11-15-8-21-22(10-18(15)29)37-13-36-21/h1-10H,11-13H2,(H,30,32)/b23-9-. The molecule has 1 fully saturated rings. The number of amides is 3. The van der Waals surface area contributed by atoms with E-state index in [2.05, 4.69) is 21.2 Å². The number of rotatable bonds is 7. The molecule has 5 rings (SSSR count). The molecule has 8 nitrogen and oxygen atoms in total. The molecule has 2 aliphatic rings. The highest BCUT2D eigenvalue weighted by atomic mass is 79.9. The molecule has 0 aromatic heterocycles. The Balaban J connectivity index is 1.31. The average Bonchev–Trinajstić information content (AvgIpc) is 3.44. The highest BCUT2D eigenvalue weighted by molar-refractivity contribution is 9.10. The fourth-order valence-corrected chi connectivity index (χ4v) is 5.29. The van der Waals surface area contributed by atoms with E-state index in [0.717, 1.165) is 21.1 Å². The summed E-state index contributed by atoms with van der Waals surface area (Å²) in [6.45, 7) is -0.239. The van der Waals surface area contributed by atoms with Crippen molar-refractivity contribution < 1.29 is 28.6 Å². The number of halogens is 3. The van der Waals surface area contributed by atoms with Gasteiger partial charge in [-0.25, -0.2) is 0 Å². The largest absolute Gasteiger partial charge is 0.483 e. The van der Waals surface area contributed by atoms with Gasteiger partial charge in [0.2, 0.25) is 6.79 Å². The Hall–Kier alpha value is -3.18. The maximum absolute atomic E-state index is 13.2. The van der Waals surface area contributed by atoms with Gasteiger partial charge in [-0.1, -0.05) is 51.3 Å². The van der Waals surface area contributed by atoms with Crippen LogP contribution in [0.2, 0.25) is 10.0 Å². The van der Waals surface area contributed by atoms with Crippen molar-refractivity contribution in [2.75, 3.05) is 18.7 Å². The molecule has 0 spiro atoms. The van der Waals surface area contributed by atoms with Crippen molar-refractivity contribution in [3.05, 3.63) is 85.1 Å². The molecule has 3 aromatic rings. The number of ether oxygens (including phenoxy) is 3. The zero-order chi connectivity index (χ0) is 26.8. The number of para-hydroxylation sites is 1. The van der Waals surface area contributed by atoms with Crippen molar-refractivity contribution >= 4 is 79.7 Å². The molecule has 3 amide bonds. The third kappa shape index (κ3) is 5.78. The minimum atomic E-state index is -0.476. The van der Waals surface area contributed by atoms with Crippen LogP contribution in [-0.4, -0.2) is 35.4 Å². The van der Waals surface area contributed by atoms with Gasteiger partial charge in [0.15, 0.2) is 18.1 Å². The third-order valence-corrected chi connectivity index (χ3v) is 7.59. The molecular weight excluding hydrogens is 619 g/mol. The van der Waals surface area contributed by atoms with Crippen LogP contribution in [0.4, 0.5) is 10.5 Å². The van der Waals surface area contributed by atoms with E-state index in [0.29, 0.717) is 44.1 Å². The lowest BCUT2D eigenvalue weighted by Crippen LogP contribution is -2.27. The van der Waals surface area contributed by atoms with E-state index in [1.165, 1.54) is 0 Å². The van der Waals surface area contributed by atoms with Gasteiger partial charge in [-0.05, 0) is 59.8 Å². The predicted octanol–water partition coefficient (Wildman–Crippen LogP) is 6.74. The summed E-state index contributed by atoms with van der Waals surface area (Å²) in [6, 6.07) is 15.2. The smallest absolute Gasteiger partial charge is 0.293 e. The second-order valence-corrected chi connectivity index (χ2v) is 10.8. The first kappa shape index (κ1) is 26.4. The summed E-state index contributed by atoms with van der Waals surface area (Å²) >= 11 is 16.6. The lowest BCUT2D eigenvalue weighted by molar-refractivity contribution is -0.123. The number of anilines is 1. The van der Waals surface area contributed by atoms with E-state index in [9.17, 15) is 14.4 Å². The highest BCUT2D eigenvalue weighted by Gasteiger charge is 2.36. The summed E-state index contributed by atoms with van der Waals surface area (Å²) in [4.78, 5) is 39.6. The lowest BCUT2D eigenvalue weighted by Gasteiger charge is -2.14. The van der Waals surface area contributed by atoms with Gasteiger partial charge in [-0.2, -0.15) is 0 Å². The van der Waals surface area contributed by atoms with Crippen LogP contribution in [0.25, 0.3) is 6.08 Å². The number of benzene rings is 3. The molecule has 0 saturated carbocycles. The summed E-state index contributed by atoms with van der Waals surface area (Å²) in [5, 5.41) is 3.01. The molecule has 0 bridgehead atoms. The Labute approximate surface area is 239 Å². The minimum Gasteiger partial charge on any atom is -0.483 e. The number of carbonyl (C=O) groups is 3. The topological polar surface area (TPSA) is 94.2 Å². The van der Waals surface area contributed by atoms with Crippen LogP contribution < -0.4 is 19.5 Å². The van der Waals surface area contributed by atoms with E-state index >= 15 is 0 Å². The van der Waals surface area contributed by atoms with Crippen molar-refractivity contribution in [1.82, 2.24) is 4.90 Å². The first-order valence-electron chi connectivity index (χ1n) is 11.1. The Kier molecular flexibility index (Phi) is 7.85. The lowest BCUT2D eigenvalue weighted by atomic mass is 10.1. The van der Waals surface area contributed by atoms with Crippen molar-refractivity contribution in [2.24, 2.45) is 0 Å². The number of hydrogen-bond acceptors (Lipinski definition) is 7. The van der Waals surface area contributed by atoms with Crippen LogP contribution in [0, 0.1) is 0 Å². The average molecular weight is 636 g/mol. The summed E-state index contributed by atoms with van der Waals surface area (Å²) in [7, 11) is 0.